The smallest absolute Gasteiger partial charge is 0.407 e. The van der Waals surface area contributed by atoms with E-state index in [0.29, 0.717) is 25.9 Å². The summed E-state index contributed by atoms with van der Waals surface area (Å²) in [5.74, 6) is -0.738. The second kappa shape index (κ2) is 12.2. The minimum Gasteiger partial charge on any atom is -0.481 e. The zero-order chi connectivity index (χ0) is 24.5. The van der Waals surface area contributed by atoms with Crippen LogP contribution in [-0.4, -0.2) is 42.8 Å². The lowest BCUT2D eigenvalue weighted by Crippen LogP contribution is -2.30. The van der Waals surface area contributed by atoms with Crippen molar-refractivity contribution in [3.63, 3.8) is 0 Å². The van der Waals surface area contributed by atoms with Crippen molar-refractivity contribution in [3.8, 4) is 11.1 Å². The Morgan fingerprint density at radius 1 is 0.912 bits per heavy atom. The number of benzene rings is 2. The first kappa shape index (κ1) is 25.3. The number of aliphatic carboxylic acids is 1. The molecule has 2 aromatic rings. The summed E-state index contributed by atoms with van der Waals surface area (Å²) in [6.07, 6.45) is 1.43. The second-order valence-corrected chi connectivity index (χ2v) is 9.19. The standard InChI is InChI=1S/C27H34N2O5/c1-18(11-12-25(30)29-16-19(2)15-26(31)32)13-14-28-27(33)34-17-24-22-9-5-3-7-20(22)21-8-4-6-10-23(21)24/h3-10,18-19,24H,11-17H2,1-2H3,(H,28,33)(H,29,30)(H,31,32). The second-order valence-electron chi connectivity index (χ2n) is 9.19. The fraction of sp³-hybridized carbons (Fsp3) is 0.444. The van der Waals surface area contributed by atoms with E-state index in [9.17, 15) is 14.4 Å². The van der Waals surface area contributed by atoms with Crippen molar-refractivity contribution in [1.82, 2.24) is 10.6 Å². The summed E-state index contributed by atoms with van der Waals surface area (Å²) < 4.78 is 5.55. The van der Waals surface area contributed by atoms with E-state index in [4.69, 9.17) is 9.84 Å². The van der Waals surface area contributed by atoms with Gasteiger partial charge in [0.1, 0.15) is 6.61 Å². The molecule has 7 heteroatoms. The Bertz CT molecular complexity index is 961. The molecule has 0 fully saturated rings. The quantitative estimate of drug-likeness (QED) is 0.425. The first-order chi connectivity index (χ1) is 16.3. The topological polar surface area (TPSA) is 105 Å². The molecule has 1 aliphatic carbocycles. The first-order valence-corrected chi connectivity index (χ1v) is 11.9. The van der Waals surface area contributed by atoms with Crippen LogP contribution in [0.25, 0.3) is 11.1 Å². The van der Waals surface area contributed by atoms with Crippen LogP contribution in [0, 0.1) is 11.8 Å². The molecule has 0 bridgehead atoms. The molecule has 3 N–H and O–H groups in total. The molecule has 34 heavy (non-hydrogen) atoms. The molecule has 2 atom stereocenters. The summed E-state index contributed by atoms with van der Waals surface area (Å²) in [7, 11) is 0. The van der Waals surface area contributed by atoms with E-state index in [1.54, 1.807) is 6.92 Å². The summed E-state index contributed by atoms with van der Waals surface area (Å²) in [6, 6.07) is 16.5. The maximum absolute atomic E-state index is 12.3. The minimum atomic E-state index is -0.862. The highest BCUT2D eigenvalue weighted by Gasteiger charge is 2.28. The Morgan fingerprint density at radius 2 is 1.53 bits per heavy atom. The van der Waals surface area contributed by atoms with Gasteiger partial charge >= 0.3 is 12.1 Å². The van der Waals surface area contributed by atoms with E-state index < -0.39 is 12.1 Å². The highest BCUT2D eigenvalue weighted by Crippen LogP contribution is 2.44. The lowest BCUT2D eigenvalue weighted by molar-refractivity contribution is -0.138. The molecule has 0 heterocycles. The fourth-order valence-electron chi connectivity index (χ4n) is 4.34. The summed E-state index contributed by atoms with van der Waals surface area (Å²) in [5.41, 5.74) is 4.75. The number of nitrogens with one attached hydrogen (secondary N) is 2. The molecule has 0 saturated heterocycles. The molecule has 2 unspecified atom stereocenters. The maximum atomic E-state index is 12.3. The number of amides is 2. The molecule has 3 rings (SSSR count). The summed E-state index contributed by atoms with van der Waals surface area (Å²) >= 11 is 0. The van der Waals surface area contributed by atoms with Gasteiger partial charge < -0.3 is 20.5 Å². The van der Waals surface area contributed by atoms with Crippen LogP contribution in [0.5, 0.6) is 0 Å². The molecule has 1 aliphatic rings. The molecule has 7 nitrogen and oxygen atoms in total. The maximum Gasteiger partial charge on any atom is 0.407 e. The molecule has 0 radical (unpaired) electrons. The molecular weight excluding hydrogens is 432 g/mol. The third kappa shape index (κ3) is 7.07. The van der Waals surface area contributed by atoms with Gasteiger partial charge in [0.25, 0.3) is 0 Å². The van der Waals surface area contributed by atoms with Crippen LogP contribution in [0.4, 0.5) is 4.79 Å². The van der Waals surface area contributed by atoms with Gasteiger partial charge in [0.15, 0.2) is 0 Å². The molecule has 2 aromatic carbocycles. The van der Waals surface area contributed by atoms with Gasteiger partial charge in [0.2, 0.25) is 5.91 Å². The van der Waals surface area contributed by atoms with Crippen molar-refractivity contribution in [1.29, 1.82) is 0 Å². The van der Waals surface area contributed by atoms with Gasteiger partial charge in [-0.05, 0) is 46.9 Å². The first-order valence-electron chi connectivity index (χ1n) is 11.9. The summed E-state index contributed by atoms with van der Waals surface area (Å²) in [5, 5.41) is 14.4. The Kier molecular flexibility index (Phi) is 9.08. The average molecular weight is 467 g/mol. The molecule has 0 spiro atoms. The number of fused-ring (bicyclic) bond motifs is 3. The predicted molar refractivity (Wildman–Crippen MR) is 131 cm³/mol. The van der Waals surface area contributed by atoms with Crippen molar-refractivity contribution >= 4 is 18.0 Å². The number of rotatable bonds is 12. The van der Waals surface area contributed by atoms with Gasteiger partial charge in [-0.15, -0.1) is 0 Å². The third-order valence-corrected chi connectivity index (χ3v) is 6.29. The van der Waals surface area contributed by atoms with Gasteiger partial charge in [-0.25, -0.2) is 4.79 Å². The van der Waals surface area contributed by atoms with Crippen LogP contribution in [0.15, 0.2) is 48.5 Å². The minimum absolute atomic E-state index is 0.0359. The van der Waals surface area contributed by atoms with E-state index in [-0.39, 0.29) is 36.7 Å². The van der Waals surface area contributed by atoms with Gasteiger partial charge in [0.05, 0.1) is 0 Å². The van der Waals surface area contributed by atoms with Crippen molar-refractivity contribution in [2.24, 2.45) is 11.8 Å². The number of alkyl carbamates (subject to hydrolysis) is 1. The largest absolute Gasteiger partial charge is 0.481 e. The number of carbonyl (C=O) groups excluding carboxylic acids is 2. The number of carboxylic acid groups (broad SMARTS) is 1. The van der Waals surface area contributed by atoms with Crippen molar-refractivity contribution < 1.29 is 24.2 Å². The predicted octanol–water partition coefficient (Wildman–Crippen LogP) is 4.56. The van der Waals surface area contributed by atoms with E-state index in [1.807, 2.05) is 31.2 Å². The van der Waals surface area contributed by atoms with Crippen molar-refractivity contribution in [3.05, 3.63) is 59.7 Å². The number of ether oxygens (including phenoxy) is 1. The Balaban J connectivity index is 1.34. The fourth-order valence-corrected chi connectivity index (χ4v) is 4.34. The molecule has 0 aliphatic heterocycles. The zero-order valence-corrected chi connectivity index (χ0v) is 19.9. The molecule has 0 saturated carbocycles. The lowest BCUT2D eigenvalue weighted by Gasteiger charge is -2.16. The molecule has 182 valence electrons. The van der Waals surface area contributed by atoms with Crippen LogP contribution in [0.3, 0.4) is 0 Å². The van der Waals surface area contributed by atoms with E-state index in [0.717, 1.165) is 6.42 Å². The van der Waals surface area contributed by atoms with Crippen LogP contribution < -0.4 is 10.6 Å². The Labute approximate surface area is 200 Å². The average Bonchev–Trinajstić information content (AvgIpc) is 3.13. The molecule has 0 aromatic heterocycles. The normalized spacial score (nSPS) is 13.9. The number of carboxylic acids is 1. The highest BCUT2D eigenvalue weighted by atomic mass is 16.5. The highest BCUT2D eigenvalue weighted by molar-refractivity contribution is 5.79. The zero-order valence-electron chi connectivity index (χ0n) is 19.9. The number of hydrogen-bond donors (Lipinski definition) is 3. The van der Waals surface area contributed by atoms with Crippen LogP contribution >= 0.6 is 0 Å². The van der Waals surface area contributed by atoms with Crippen molar-refractivity contribution in [2.45, 2.75) is 45.4 Å². The number of carbonyl (C=O) groups is 3. The van der Waals surface area contributed by atoms with Crippen molar-refractivity contribution in [2.75, 3.05) is 19.7 Å². The molecular formula is C27H34N2O5. The van der Waals surface area contributed by atoms with Crippen LogP contribution in [0.2, 0.25) is 0 Å². The summed E-state index contributed by atoms with van der Waals surface area (Å²) in [6.45, 7) is 4.97. The van der Waals surface area contributed by atoms with Crippen LogP contribution in [0.1, 0.15) is 56.6 Å². The van der Waals surface area contributed by atoms with Crippen LogP contribution in [-0.2, 0) is 14.3 Å². The number of hydrogen-bond acceptors (Lipinski definition) is 4. The van der Waals surface area contributed by atoms with E-state index in [1.165, 1.54) is 22.3 Å². The monoisotopic (exact) mass is 466 g/mol. The van der Waals surface area contributed by atoms with E-state index in [2.05, 4.69) is 34.9 Å². The van der Waals surface area contributed by atoms with Gasteiger partial charge in [-0.2, -0.15) is 0 Å². The van der Waals surface area contributed by atoms with Gasteiger partial charge in [-0.1, -0.05) is 62.4 Å². The Hall–Kier alpha value is -3.35. The third-order valence-electron chi connectivity index (χ3n) is 6.29. The van der Waals surface area contributed by atoms with Gasteiger partial charge in [-0.3, -0.25) is 9.59 Å². The van der Waals surface area contributed by atoms with Gasteiger partial charge in [0, 0.05) is 31.8 Å². The summed E-state index contributed by atoms with van der Waals surface area (Å²) in [4.78, 5) is 34.9. The molecule has 2 amide bonds. The SMILES string of the molecule is CC(CCNC(=O)OCC1c2ccccc2-c2ccccc21)CCC(=O)NCC(C)CC(=O)O. The lowest BCUT2D eigenvalue weighted by atomic mass is 9.98. The Morgan fingerprint density at radius 3 is 2.15 bits per heavy atom. The van der Waals surface area contributed by atoms with E-state index >= 15 is 0 Å².